The van der Waals surface area contributed by atoms with Gasteiger partial charge < -0.3 is 10.5 Å². The van der Waals surface area contributed by atoms with E-state index in [4.69, 9.17) is 10.5 Å². The first-order valence-electron chi connectivity index (χ1n) is 3.80. The molecule has 13 heavy (non-hydrogen) atoms. The minimum atomic E-state index is -0.251. The van der Waals surface area contributed by atoms with Crippen LogP contribution in [0.5, 0.6) is 5.75 Å². The average Bonchev–Trinajstić information content (AvgIpc) is 2.05. The summed E-state index contributed by atoms with van der Waals surface area (Å²) in [6.45, 7) is 0.500. The minimum Gasteiger partial charge on any atom is -0.496 e. The number of halogens is 2. The lowest BCUT2D eigenvalue weighted by Crippen LogP contribution is -2.04. The smallest absolute Gasteiger partial charge is 0.123 e. The van der Waals surface area contributed by atoms with Gasteiger partial charge in [-0.2, -0.15) is 0 Å². The Morgan fingerprint density at radius 3 is 2.69 bits per heavy atom. The number of methoxy groups -OCH3 is 1. The van der Waals surface area contributed by atoms with Crippen molar-refractivity contribution in [2.24, 2.45) is 5.73 Å². The van der Waals surface area contributed by atoms with Crippen LogP contribution >= 0.6 is 12.4 Å². The molecule has 0 fully saturated rings. The number of hydrogen-bond donors (Lipinski definition) is 1. The fourth-order valence-electron chi connectivity index (χ4n) is 1.10. The highest BCUT2D eigenvalue weighted by Crippen LogP contribution is 2.19. The molecule has 0 aliphatic rings. The molecule has 0 radical (unpaired) electrons. The summed E-state index contributed by atoms with van der Waals surface area (Å²) >= 11 is 0. The summed E-state index contributed by atoms with van der Waals surface area (Å²) in [4.78, 5) is 0. The first kappa shape index (κ1) is 12.2. The zero-order valence-electron chi connectivity index (χ0n) is 7.42. The van der Waals surface area contributed by atoms with E-state index in [9.17, 15) is 4.39 Å². The Morgan fingerprint density at radius 1 is 1.46 bits per heavy atom. The second-order valence-electron chi connectivity index (χ2n) is 2.49. The van der Waals surface area contributed by atoms with Crippen LogP contribution in [0, 0.1) is 5.82 Å². The van der Waals surface area contributed by atoms with Gasteiger partial charge in [-0.3, -0.25) is 0 Å². The molecule has 0 aliphatic heterocycles. The predicted molar refractivity (Wildman–Crippen MR) is 53.0 cm³/mol. The Balaban J connectivity index is 0.00000144. The molecule has 0 amide bonds. The molecular weight excluding hydrogens is 193 g/mol. The zero-order valence-corrected chi connectivity index (χ0v) is 8.23. The van der Waals surface area contributed by atoms with Crippen molar-refractivity contribution in [3.8, 4) is 5.75 Å². The lowest BCUT2D eigenvalue weighted by Gasteiger charge is -2.06. The quantitative estimate of drug-likeness (QED) is 0.816. The normalized spacial score (nSPS) is 9.15. The third kappa shape index (κ3) is 3.20. The van der Waals surface area contributed by atoms with Gasteiger partial charge in [0.25, 0.3) is 0 Å². The van der Waals surface area contributed by atoms with Crippen LogP contribution in [0.3, 0.4) is 0 Å². The van der Waals surface area contributed by atoms with E-state index in [0.717, 1.165) is 5.56 Å². The Hall–Kier alpha value is -0.800. The number of nitrogens with two attached hydrogens (primary N) is 1. The van der Waals surface area contributed by atoms with E-state index in [1.165, 1.54) is 12.1 Å². The summed E-state index contributed by atoms with van der Waals surface area (Å²) in [7, 11) is 1.56. The summed E-state index contributed by atoms with van der Waals surface area (Å²) in [6, 6.07) is 4.44. The molecule has 4 heteroatoms. The molecule has 1 aromatic rings. The maximum atomic E-state index is 12.7. The van der Waals surface area contributed by atoms with Crippen molar-refractivity contribution < 1.29 is 9.13 Å². The van der Waals surface area contributed by atoms with Crippen molar-refractivity contribution in [2.45, 2.75) is 6.42 Å². The Kier molecular flexibility index (Phi) is 5.42. The van der Waals surface area contributed by atoms with Crippen molar-refractivity contribution in [3.63, 3.8) is 0 Å². The van der Waals surface area contributed by atoms with E-state index in [0.29, 0.717) is 18.7 Å². The van der Waals surface area contributed by atoms with Crippen molar-refractivity contribution in [1.82, 2.24) is 0 Å². The standard InChI is InChI=1S/C9H12FNO.ClH/c1-12-9-3-2-8(10)6-7(9)4-5-11;/h2-3,6H,4-5,11H2,1H3;1H. The summed E-state index contributed by atoms with van der Waals surface area (Å²) in [5.41, 5.74) is 6.18. The number of hydrogen-bond acceptors (Lipinski definition) is 2. The third-order valence-corrected chi connectivity index (χ3v) is 1.66. The van der Waals surface area contributed by atoms with Crippen LogP contribution in [0.25, 0.3) is 0 Å². The second-order valence-corrected chi connectivity index (χ2v) is 2.49. The Labute approximate surface area is 83.3 Å². The molecule has 0 atom stereocenters. The first-order chi connectivity index (χ1) is 5.77. The van der Waals surface area contributed by atoms with Gasteiger partial charge in [0.1, 0.15) is 11.6 Å². The van der Waals surface area contributed by atoms with Crippen LogP contribution in [-0.4, -0.2) is 13.7 Å². The zero-order chi connectivity index (χ0) is 8.97. The molecular formula is C9H13ClFNO. The molecule has 0 bridgehead atoms. The van der Waals surface area contributed by atoms with Gasteiger partial charge in [-0.05, 0) is 36.7 Å². The van der Waals surface area contributed by atoms with Crippen LogP contribution in [-0.2, 0) is 6.42 Å². The van der Waals surface area contributed by atoms with Crippen LogP contribution < -0.4 is 10.5 Å². The maximum absolute atomic E-state index is 12.7. The van der Waals surface area contributed by atoms with Crippen molar-refractivity contribution in [2.75, 3.05) is 13.7 Å². The van der Waals surface area contributed by atoms with Gasteiger partial charge in [0.05, 0.1) is 7.11 Å². The third-order valence-electron chi connectivity index (χ3n) is 1.66. The summed E-state index contributed by atoms with van der Waals surface area (Å²) in [5.74, 6) is 0.445. The summed E-state index contributed by atoms with van der Waals surface area (Å²) in [6.07, 6.45) is 0.640. The molecule has 0 heterocycles. The summed E-state index contributed by atoms with van der Waals surface area (Å²) < 4.78 is 17.7. The fourth-order valence-corrected chi connectivity index (χ4v) is 1.10. The summed E-state index contributed by atoms with van der Waals surface area (Å²) in [5, 5.41) is 0. The van der Waals surface area contributed by atoms with E-state index in [2.05, 4.69) is 0 Å². The van der Waals surface area contributed by atoms with Crippen LogP contribution in [0.2, 0.25) is 0 Å². The molecule has 0 spiro atoms. The molecule has 1 aromatic carbocycles. The topological polar surface area (TPSA) is 35.2 Å². The monoisotopic (exact) mass is 205 g/mol. The van der Waals surface area contributed by atoms with Crippen molar-refractivity contribution >= 4 is 12.4 Å². The molecule has 0 saturated carbocycles. The van der Waals surface area contributed by atoms with Gasteiger partial charge in [-0.1, -0.05) is 0 Å². The van der Waals surface area contributed by atoms with E-state index < -0.39 is 0 Å². The molecule has 2 nitrogen and oxygen atoms in total. The van der Waals surface area contributed by atoms with E-state index in [1.807, 2.05) is 0 Å². The highest BCUT2D eigenvalue weighted by Gasteiger charge is 2.02. The van der Waals surface area contributed by atoms with Crippen molar-refractivity contribution in [3.05, 3.63) is 29.6 Å². The molecule has 0 unspecified atom stereocenters. The maximum Gasteiger partial charge on any atom is 0.123 e. The van der Waals surface area contributed by atoms with E-state index in [-0.39, 0.29) is 18.2 Å². The molecule has 0 saturated heterocycles. The predicted octanol–water partition coefficient (Wildman–Crippen LogP) is 1.76. The molecule has 74 valence electrons. The van der Waals surface area contributed by atoms with Crippen LogP contribution in [0.1, 0.15) is 5.56 Å². The number of benzene rings is 1. The lowest BCUT2D eigenvalue weighted by molar-refractivity contribution is 0.408. The van der Waals surface area contributed by atoms with Gasteiger partial charge in [-0.25, -0.2) is 4.39 Å². The second kappa shape index (κ2) is 5.78. The average molecular weight is 206 g/mol. The van der Waals surface area contributed by atoms with Gasteiger partial charge in [0.2, 0.25) is 0 Å². The van der Waals surface area contributed by atoms with E-state index in [1.54, 1.807) is 13.2 Å². The minimum absolute atomic E-state index is 0. The van der Waals surface area contributed by atoms with Crippen LogP contribution in [0.15, 0.2) is 18.2 Å². The molecule has 1 rings (SSSR count). The Bertz CT molecular complexity index is 268. The number of rotatable bonds is 3. The van der Waals surface area contributed by atoms with Gasteiger partial charge in [-0.15, -0.1) is 12.4 Å². The molecule has 0 aliphatic carbocycles. The lowest BCUT2D eigenvalue weighted by atomic mass is 10.1. The largest absolute Gasteiger partial charge is 0.496 e. The van der Waals surface area contributed by atoms with Gasteiger partial charge >= 0.3 is 0 Å². The SMILES string of the molecule is COc1ccc(F)cc1CCN.Cl. The number of ether oxygens (including phenoxy) is 1. The van der Waals surface area contributed by atoms with Gasteiger partial charge in [0, 0.05) is 0 Å². The Morgan fingerprint density at radius 2 is 2.15 bits per heavy atom. The highest BCUT2D eigenvalue weighted by atomic mass is 35.5. The molecule has 0 aromatic heterocycles. The fraction of sp³-hybridized carbons (Fsp3) is 0.333. The highest BCUT2D eigenvalue weighted by molar-refractivity contribution is 5.85. The molecule has 2 N–H and O–H groups in total. The first-order valence-corrected chi connectivity index (χ1v) is 3.80. The van der Waals surface area contributed by atoms with Crippen LogP contribution in [0.4, 0.5) is 4.39 Å². The van der Waals surface area contributed by atoms with Crippen molar-refractivity contribution in [1.29, 1.82) is 0 Å². The van der Waals surface area contributed by atoms with E-state index >= 15 is 0 Å². The van der Waals surface area contributed by atoms with Gasteiger partial charge in [0.15, 0.2) is 0 Å².